The average molecular weight is 441 g/mol. The zero-order valence-corrected chi connectivity index (χ0v) is 20.3. The van der Waals surface area contributed by atoms with E-state index >= 15 is 0 Å². The number of carbonyl (C=O) groups is 1. The van der Waals surface area contributed by atoms with Crippen LogP contribution < -0.4 is 5.46 Å². The first-order valence-corrected chi connectivity index (χ1v) is 11.8. The monoisotopic (exact) mass is 441 g/mol. The second-order valence-corrected chi connectivity index (χ2v) is 11.0. The second-order valence-electron chi connectivity index (χ2n) is 9.94. The highest BCUT2D eigenvalue weighted by molar-refractivity contribution is 7.19. The van der Waals surface area contributed by atoms with Gasteiger partial charge in [-0.3, -0.25) is 4.79 Å². The van der Waals surface area contributed by atoms with Crippen LogP contribution >= 0.6 is 11.3 Å². The minimum Gasteiger partial charge on any atom is -0.460 e. The summed E-state index contributed by atoms with van der Waals surface area (Å²) >= 11 is 1.66. The normalized spacial score (nSPS) is 16.4. The summed E-state index contributed by atoms with van der Waals surface area (Å²) in [6.07, 6.45) is 2.55. The highest BCUT2D eigenvalue weighted by Crippen LogP contribution is 2.35. The van der Waals surface area contributed by atoms with Crippen molar-refractivity contribution in [3.05, 3.63) is 28.1 Å². The third kappa shape index (κ3) is 5.68. The smallest absolute Gasteiger partial charge is 0.460 e. The van der Waals surface area contributed by atoms with Crippen LogP contribution in [0.2, 0.25) is 0 Å². The van der Waals surface area contributed by atoms with Gasteiger partial charge in [-0.1, -0.05) is 32.9 Å². The van der Waals surface area contributed by atoms with Gasteiger partial charge in [0.1, 0.15) is 11.7 Å². The maximum atomic E-state index is 12.1. The lowest BCUT2D eigenvalue weighted by molar-refractivity contribution is -0.154. The highest BCUT2D eigenvalue weighted by Gasteiger charge is 2.35. The maximum Gasteiger partial charge on any atom is 0.494 e. The van der Waals surface area contributed by atoms with Crippen molar-refractivity contribution in [2.75, 3.05) is 13.2 Å². The summed E-state index contributed by atoms with van der Waals surface area (Å²) in [7, 11) is -0.460. The second kappa shape index (κ2) is 9.32. The third-order valence-electron chi connectivity index (χ3n) is 5.23. The fourth-order valence-electron chi connectivity index (χ4n) is 3.76. The standard InChI is InChI=1S/C24H32BNO4S/c1-7-16-11-12-18(25-28-14-24(5,6)15-29-25)21-17(13-26)19(31-22(16)21)9-8-10-20(27)30-23(2,3)4/h11-12H,7-10,14-15H2,1-6H3. The predicted molar refractivity (Wildman–Crippen MR) is 126 cm³/mol. The number of hydrogen-bond donors (Lipinski definition) is 0. The van der Waals surface area contributed by atoms with Crippen LogP contribution in [0.5, 0.6) is 0 Å². The Morgan fingerprint density at radius 3 is 2.55 bits per heavy atom. The van der Waals surface area contributed by atoms with Crippen molar-refractivity contribution in [2.45, 2.75) is 72.8 Å². The molecule has 1 aliphatic heterocycles. The van der Waals surface area contributed by atoms with E-state index in [1.165, 1.54) is 5.56 Å². The van der Waals surface area contributed by atoms with Crippen molar-refractivity contribution in [1.29, 1.82) is 5.26 Å². The molecule has 1 aromatic carbocycles. The molecule has 0 spiro atoms. The van der Waals surface area contributed by atoms with Gasteiger partial charge >= 0.3 is 13.1 Å². The Balaban J connectivity index is 1.88. The van der Waals surface area contributed by atoms with Crippen LogP contribution in [0.4, 0.5) is 0 Å². The van der Waals surface area contributed by atoms with Crippen LogP contribution in [0.25, 0.3) is 10.1 Å². The summed E-state index contributed by atoms with van der Waals surface area (Å²) in [4.78, 5) is 13.1. The van der Waals surface area contributed by atoms with Gasteiger partial charge < -0.3 is 14.0 Å². The first kappa shape index (κ1) is 23.8. The van der Waals surface area contributed by atoms with E-state index in [9.17, 15) is 10.1 Å². The fraction of sp³-hybridized carbons (Fsp3) is 0.583. The van der Waals surface area contributed by atoms with Gasteiger partial charge in [0.2, 0.25) is 0 Å². The fourth-order valence-corrected chi connectivity index (χ4v) is 5.16. The zero-order chi connectivity index (χ0) is 22.8. The largest absolute Gasteiger partial charge is 0.494 e. The van der Waals surface area contributed by atoms with Crippen molar-refractivity contribution in [1.82, 2.24) is 0 Å². The molecule has 166 valence electrons. The van der Waals surface area contributed by atoms with Crippen molar-refractivity contribution in [3.63, 3.8) is 0 Å². The highest BCUT2D eigenvalue weighted by atomic mass is 32.1. The lowest BCUT2D eigenvalue weighted by Gasteiger charge is -2.33. The molecule has 0 atom stereocenters. The molecule has 31 heavy (non-hydrogen) atoms. The van der Waals surface area contributed by atoms with Gasteiger partial charge in [0.05, 0.1) is 5.56 Å². The van der Waals surface area contributed by atoms with Crippen molar-refractivity contribution in [2.24, 2.45) is 5.41 Å². The lowest BCUT2D eigenvalue weighted by Crippen LogP contribution is -2.47. The Labute approximate surface area is 189 Å². The van der Waals surface area contributed by atoms with E-state index in [2.05, 4.69) is 32.9 Å². The van der Waals surface area contributed by atoms with Crippen LogP contribution in [0, 0.1) is 16.7 Å². The van der Waals surface area contributed by atoms with Crippen LogP contribution in [0.15, 0.2) is 12.1 Å². The van der Waals surface area contributed by atoms with Crippen molar-refractivity contribution < 1.29 is 18.8 Å². The van der Waals surface area contributed by atoms with Gasteiger partial charge in [-0.25, -0.2) is 0 Å². The third-order valence-corrected chi connectivity index (χ3v) is 6.55. The Morgan fingerprint density at radius 2 is 1.97 bits per heavy atom. The predicted octanol–water partition coefficient (Wildman–Crippen LogP) is 4.77. The van der Waals surface area contributed by atoms with E-state index in [0.29, 0.717) is 38.0 Å². The molecule has 1 fully saturated rings. The quantitative estimate of drug-likeness (QED) is 0.477. The number of nitrogens with zero attached hydrogens (tertiary/aromatic N) is 1. The number of aryl methyl sites for hydroxylation is 2. The molecule has 5 nitrogen and oxygen atoms in total. The Hall–Kier alpha value is -1.88. The Kier molecular flexibility index (Phi) is 7.15. The van der Waals surface area contributed by atoms with Gasteiger partial charge in [0, 0.05) is 40.0 Å². The first-order valence-electron chi connectivity index (χ1n) is 11.0. The maximum absolute atomic E-state index is 12.1. The summed E-state index contributed by atoms with van der Waals surface area (Å²) in [5.74, 6) is -0.200. The van der Waals surface area contributed by atoms with E-state index in [1.54, 1.807) is 11.3 Å². The molecule has 1 aromatic heterocycles. The van der Waals surface area contributed by atoms with Gasteiger partial charge in [0.15, 0.2) is 0 Å². The topological polar surface area (TPSA) is 68.5 Å². The number of nitriles is 1. The summed E-state index contributed by atoms with van der Waals surface area (Å²) in [6, 6.07) is 6.59. The average Bonchev–Trinajstić information content (AvgIpc) is 3.04. The number of benzene rings is 1. The van der Waals surface area contributed by atoms with E-state index in [4.69, 9.17) is 14.0 Å². The molecule has 0 amide bonds. The van der Waals surface area contributed by atoms with E-state index in [-0.39, 0.29) is 11.4 Å². The molecule has 1 saturated heterocycles. The minimum atomic E-state index is -0.480. The zero-order valence-electron chi connectivity index (χ0n) is 19.5. The molecule has 0 bridgehead atoms. The number of thiophene rings is 1. The summed E-state index contributed by atoms with van der Waals surface area (Å²) in [5, 5.41) is 11.0. The Morgan fingerprint density at radius 1 is 1.29 bits per heavy atom. The van der Waals surface area contributed by atoms with Crippen LogP contribution in [-0.4, -0.2) is 31.9 Å². The number of hydrogen-bond acceptors (Lipinski definition) is 6. The molecule has 3 rings (SSSR count). The van der Waals surface area contributed by atoms with Crippen molar-refractivity contribution in [3.8, 4) is 6.07 Å². The molecule has 0 saturated carbocycles. The molecule has 0 unspecified atom stereocenters. The summed E-state index contributed by atoms with van der Waals surface area (Å²) in [5.41, 5.74) is 2.33. The minimum absolute atomic E-state index is 0.0154. The molecule has 7 heteroatoms. The van der Waals surface area contributed by atoms with Crippen LogP contribution in [0.1, 0.15) is 70.4 Å². The van der Waals surface area contributed by atoms with E-state index in [0.717, 1.165) is 26.8 Å². The van der Waals surface area contributed by atoms with Gasteiger partial charge in [-0.15, -0.1) is 11.3 Å². The summed E-state index contributed by atoms with van der Waals surface area (Å²) in [6.45, 7) is 13.2. The number of esters is 1. The Bertz CT molecular complexity index is 990. The molecule has 2 heterocycles. The van der Waals surface area contributed by atoms with Crippen LogP contribution in [0.3, 0.4) is 0 Å². The number of fused-ring (bicyclic) bond motifs is 1. The van der Waals surface area contributed by atoms with Gasteiger partial charge in [0.25, 0.3) is 0 Å². The summed E-state index contributed by atoms with van der Waals surface area (Å²) < 4.78 is 18.6. The van der Waals surface area contributed by atoms with Crippen molar-refractivity contribution >= 4 is 40.0 Å². The number of ether oxygens (including phenoxy) is 1. The molecule has 0 aliphatic carbocycles. The first-order chi connectivity index (χ1) is 14.5. The number of carbonyl (C=O) groups excluding carboxylic acids is 1. The van der Waals surface area contributed by atoms with Crippen LogP contribution in [-0.2, 0) is 31.7 Å². The molecular weight excluding hydrogens is 409 g/mol. The number of rotatable bonds is 6. The van der Waals surface area contributed by atoms with E-state index < -0.39 is 12.7 Å². The molecule has 0 radical (unpaired) electrons. The van der Waals surface area contributed by atoms with E-state index in [1.807, 2.05) is 26.8 Å². The SMILES string of the molecule is CCc1ccc(B2OCC(C)(C)CO2)c2c(C#N)c(CCCC(=O)OC(C)(C)C)sc12. The molecule has 0 N–H and O–H groups in total. The molecular formula is C24H32BNO4S. The molecule has 1 aliphatic rings. The van der Waals surface area contributed by atoms with Gasteiger partial charge in [-0.2, -0.15) is 5.26 Å². The lowest BCUT2D eigenvalue weighted by atomic mass is 9.73. The molecule has 2 aromatic rings. The van der Waals surface area contributed by atoms with Gasteiger partial charge in [-0.05, 0) is 51.1 Å².